The van der Waals surface area contributed by atoms with E-state index in [-0.39, 0.29) is 5.75 Å². The Labute approximate surface area is 133 Å². The lowest BCUT2D eigenvalue weighted by atomic mass is 9.91. The number of aromatic nitrogens is 2. The van der Waals surface area contributed by atoms with Crippen molar-refractivity contribution in [2.75, 3.05) is 12.9 Å². The molecule has 2 heterocycles. The predicted octanol–water partition coefficient (Wildman–Crippen LogP) is 2.77. The maximum Gasteiger partial charge on any atom is 0.160 e. The van der Waals surface area contributed by atoms with Crippen LogP contribution in [0.2, 0.25) is 0 Å². The van der Waals surface area contributed by atoms with E-state index in [4.69, 9.17) is 4.74 Å². The zero-order valence-corrected chi connectivity index (χ0v) is 13.6. The number of hydrogen-bond acceptors (Lipinski definition) is 7. The minimum atomic E-state index is -0.708. The van der Waals surface area contributed by atoms with Crippen molar-refractivity contribution in [3.63, 3.8) is 0 Å². The largest absolute Gasteiger partial charge is 0.504 e. The van der Waals surface area contributed by atoms with Crippen molar-refractivity contribution in [2.24, 2.45) is 0 Å². The number of phenolic OH excluding ortho intramolecular Hbond substituents is 1. The summed E-state index contributed by atoms with van der Waals surface area (Å²) < 4.78 is 4.48. The minimum absolute atomic E-state index is 0.0770. The maximum absolute atomic E-state index is 10.7. The van der Waals surface area contributed by atoms with Crippen molar-refractivity contribution < 1.29 is 14.9 Å². The number of nitrogens with zero attached hydrogens (tertiary/aromatic N) is 1. The maximum atomic E-state index is 10.7. The van der Waals surface area contributed by atoms with Crippen LogP contribution in [0.5, 0.6) is 11.5 Å². The van der Waals surface area contributed by atoms with Crippen molar-refractivity contribution in [1.29, 1.82) is 0 Å². The third-order valence-electron chi connectivity index (χ3n) is 3.37. The van der Waals surface area contributed by atoms with Gasteiger partial charge in [0.2, 0.25) is 0 Å². The molecule has 1 aliphatic rings. The Kier molecular flexibility index (Phi) is 4.30. The molecule has 3 N–H and O–H groups in total. The molecule has 0 spiro atoms. The van der Waals surface area contributed by atoms with Crippen LogP contribution in [0, 0.1) is 0 Å². The molecule has 0 bridgehead atoms. The van der Waals surface area contributed by atoms with Gasteiger partial charge in [-0.1, -0.05) is 27.7 Å². The molecular formula is C13H14N2O3S3. The molecule has 0 aliphatic carbocycles. The molecule has 0 unspecified atom stereocenters. The number of benzene rings is 1. The number of hydrogen-bond donors (Lipinski definition) is 3. The number of aliphatic hydroxyl groups excluding tert-OH is 1. The number of aliphatic hydroxyl groups is 1. The molecular weight excluding hydrogens is 328 g/mol. The van der Waals surface area contributed by atoms with E-state index in [0.717, 1.165) is 5.56 Å². The van der Waals surface area contributed by atoms with Crippen LogP contribution in [0.3, 0.4) is 0 Å². The van der Waals surface area contributed by atoms with E-state index in [2.05, 4.69) is 9.97 Å². The number of H-pyrrole nitrogens is 1. The summed E-state index contributed by atoms with van der Waals surface area (Å²) in [6, 6.07) is 5.14. The second-order valence-electron chi connectivity index (χ2n) is 4.51. The molecule has 1 fully saturated rings. The number of phenols is 1. The minimum Gasteiger partial charge on any atom is -0.504 e. The van der Waals surface area contributed by atoms with Crippen LogP contribution < -0.4 is 4.74 Å². The SMILES string of the molecule is COc1cc([C@@]2(c3ncc[nH]3)SSSC[C@@H]2O)ccc1O. The van der Waals surface area contributed by atoms with Crippen LogP contribution in [0.4, 0.5) is 0 Å². The van der Waals surface area contributed by atoms with E-state index < -0.39 is 10.9 Å². The molecule has 2 aromatic rings. The zero-order valence-electron chi connectivity index (χ0n) is 11.1. The van der Waals surface area contributed by atoms with Crippen molar-refractivity contribution >= 4 is 31.4 Å². The summed E-state index contributed by atoms with van der Waals surface area (Å²) in [6.07, 6.45) is 2.82. The van der Waals surface area contributed by atoms with Crippen LogP contribution in [-0.4, -0.2) is 39.1 Å². The van der Waals surface area contributed by atoms with Gasteiger partial charge in [0, 0.05) is 18.1 Å². The zero-order chi connectivity index (χ0) is 14.9. The summed E-state index contributed by atoms with van der Waals surface area (Å²) >= 11 is 0. The van der Waals surface area contributed by atoms with Gasteiger partial charge >= 0.3 is 0 Å². The average molecular weight is 342 g/mol. The van der Waals surface area contributed by atoms with E-state index in [0.29, 0.717) is 17.3 Å². The van der Waals surface area contributed by atoms with Crippen molar-refractivity contribution in [1.82, 2.24) is 9.97 Å². The molecule has 1 aromatic heterocycles. The summed E-state index contributed by atoms with van der Waals surface area (Å²) in [5, 5.41) is 20.4. The lowest BCUT2D eigenvalue weighted by molar-refractivity contribution is 0.164. The first-order chi connectivity index (χ1) is 10.2. The molecule has 0 saturated carbocycles. The summed E-state index contributed by atoms with van der Waals surface area (Å²) in [6.45, 7) is 0. The Balaban J connectivity index is 2.16. The Morgan fingerprint density at radius 1 is 1.48 bits per heavy atom. The number of aromatic amines is 1. The lowest BCUT2D eigenvalue weighted by Gasteiger charge is -2.38. The van der Waals surface area contributed by atoms with Crippen LogP contribution in [0.15, 0.2) is 30.6 Å². The first-order valence-corrected chi connectivity index (χ1v) is 9.86. The summed E-state index contributed by atoms with van der Waals surface area (Å²) in [5.41, 5.74) is 0.845. The molecule has 8 heteroatoms. The topological polar surface area (TPSA) is 78.4 Å². The smallest absolute Gasteiger partial charge is 0.160 e. The Morgan fingerprint density at radius 2 is 2.33 bits per heavy atom. The normalized spacial score (nSPS) is 25.7. The second-order valence-corrected chi connectivity index (χ2v) is 8.87. The first kappa shape index (κ1) is 15.0. The molecule has 0 radical (unpaired) electrons. The van der Waals surface area contributed by atoms with Crippen LogP contribution in [-0.2, 0) is 4.75 Å². The molecule has 3 rings (SSSR count). The van der Waals surface area contributed by atoms with Gasteiger partial charge in [0.05, 0.1) is 13.2 Å². The highest BCUT2D eigenvalue weighted by atomic mass is 33.5. The molecule has 5 nitrogen and oxygen atoms in total. The van der Waals surface area contributed by atoms with Gasteiger partial charge in [-0.15, -0.1) is 0 Å². The summed E-state index contributed by atoms with van der Waals surface area (Å²) in [7, 11) is 6.30. The Morgan fingerprint density at radius 3 is 3.00 bits per heavy atom. The van der Waals surface area contributed by atoms with E-state index >= 15 is 0 Å². The molecule has 1 aromatic carbocycles. The van der Waals surface area contributed by atoms with E-state index in [1.54, 1.807) is 62.0 Å². The number of nitrogens with one attached hydrogen (secondary N) is 1. The number of rotatable bonds is 3. The van der Waals surface area contributed by atoms with Gasteiger partial charge in [0.1, 0.15) is 10.6 Å². The molecule has 21 heavy (non-hydrogen) atoms. The third kappa shape index (κ3) is 2.50. The highest BCUT2D eigenvalue weighted by molar-refractivity contribution is 9.09. The van der Waals surface area contributed by atoms with Crippen LogP contribution in [0.1, 0.15) is 11.4 Å². The van der Waals surface area contributed by atoms with Crippen molar-refractivity contribution in [3.8, 4) is 11.5 Å². The van der Waals surface area contributed by atoms with Gasteiger partial charge in [-0.05, 0) is 27.5 Å². The molecule has 1 aliphatic heterocycles. The molecule has 2 atom stereocenters. The van der Waals surface area contributed by atoms with Gasteiger partial charge in [-0.3, -0.25) is 0 Å². The first-order valence-electron chi connectivity index (χ1n) is 6.21. The predicted molar refractivity (Wildman–Crippen MR) is 87.7 cm³/mol. The fraction of sp³-hybridized carbons (Fsp3) is 0.308. The van der Waals surface area contributed by atoms with Crippen molar-refractivity contribution in [2.45, 2.75) is 10.9 Å². The van der Waals surface area contributed by atoms with E-state index in [1.807, 2.05) is 0 Å². The average Bonchev–Trinajstić information content (AvgIpc) is 3.03. The highest BCUT2D eigenvalue weighted by Gasteiger charge is 2.47. The fourth-order valence-electron chi connectivity index (χ4n) is 2.29. The van der Waals surface area contributed by atoms with E-state index in [1.165, 1.54) is 7.11 Å². The van der Waals surface area contributed by atoms with Gasteiger partial charge < -0.3 is 19.9 Å². The van der Waals surface area contributed by atoms with Crippen LogP contribution in [0.25, 0.3) is 0 Å². The quantitative estimate of drug-likeness (QED) is 0.740. The molecule has 1 saturated heterocycles. The van der Waals surface area contributed by atoms with E-state index in [9.17, 15) is 10.2 Å². The van der Waals surface area contributed by atoms with Crippen molar-refractivity contribution in [3.05, 3.63) is 42.0 Å². The lowest BCUT2D eigenvalue weighted by Crippen LogP contribution is -2.41. The number of ether oxygens (including phenoxy) is 1. The fourth-order valence-corrected chi connectivity index (χ4v) is 7.38. The van der Waals surface area contributed by atoms with Crippen LogP contribution >= 0.6 is 31.4 Å². The monoisotopic (exact) mass is 342 g/mol. The third-order valence-corrected chi connectivity index (χ3v) is 8.12. The number of aromatic hydroxyl groups is 1. The number of methoxy groups -OCH3 is 1. The molecule has 0 amide bonds. The summed E-state index contributed by atoms with van der Waals surface area (Å²) in [5.74, 6) is 1.75. The second kappa shape index (κ2) is 6.04. The molecule has 112 valence electrons. The Hall–Kier alpha value is -0.960. The van der Waals surface area contributed by atoms with Gasteiger partial charge in [-0.25, -0.2) is 4.98 Å². The highest BCUT2D eigenvalue weighted by Crippen LogP contribution is 2.58. The summed E-state index contributed by atoms with van der Waals surface area (Å²) in [4.78, 5) is 7.47. The number of imidazole rings is 1. The standard InChI is InChI=1S/C13H14N2O3S3/c1-18-10-6-8(2-3-9(10)16)13(12-14-4-5-15-12)11(17)7-19-21-20-13/h2-6,11,16-17H,7H2,1H3,(H,14,15)/t11-,13+/m0/s1. The van der Waals surface area contributed by atoms with Gasteiger partial charge in [0.25, 0.3) is 0 Å². The Bertz CT molecular complexity index is 623. The van der Waals surface area contributed by atoms with Gasteiger partial charge in [-0.2, -0.15) is 0 Å². The van der Waals surface area contributed by atoms with Gasteiger partial charge in [0.15, 0.2) is 11.5 Å².